The zero-order valence-electron chi connectivity index (χ0n) is 9.81. The highest BCUT2D eigenvalue weighted by Gasteiger charge is 2.11. The van der Waals surface area contributed by atoms with E-state index in [1.165, 1.54) is 0 Å². The summed E-state index contributed by atoms with van der Waals surface area (Å²) in [5, 5.41) is 0. The number of ether oxygens (including phenoxy) is 1. The highest BCUT2D eigenvalue weighted by molar-refractivity contribution is 9.10. The van der Waals surface area contributed by atoms with Gasteiger partial charge < -0.3 is 4.74 Å². The molecule has 0 amide bonds. The molecule has 0 heterocycles. The maximum Gasteiger partial charge on any atom is 0.242 e. The molecule has 6 heteroatoms. The van der Waals surface area contributed by atoms with Crippen molar-refractivity contribution in [3.8, 4) is 5.75 Å². The van der Waals surface area contributed by atoms with Crippen LogP contribution >= 0.6 is 15.9 Å². The standard InChI is InChI=1S/C11H16BrNO3S/c1-9(2)7-16-11-6-4-3-5-10(11)13-17(14,15)8-12/h3-6,9,13H,7-8H2,1-2H3. The third-order valence-electron chi connectivity index (χ3n) is 1.87. The number of benzene rings is 1. The molecule has 0 saturated heterocycles. The third-order valence-corrected chi connectivity index (χ3v) is 4.49. The minimum absolute atomic E-state index is 0.140. The van der Waals surface area contributed by atoms with Crippen molar-refractivity contribution >= 4 is 31.6 Å². The lowest BCUT2D eigenvalue weighted by Gasteiger charge is -2.13. The van der Waals surface area contributed by atoms with E-state index in [4.69, 9.17) is 4.74 Å². The maximum absolute atomic E-state index is 11.4. The molecule has 1 N–H and O–H groups in total. The second-order valence-corrected chi connectivity index (χ2v) is 7.05. The van der Waals surface area contributed by atoms with Crippen molar-refractivity contribution in [2.24, 2.45) is 5.92 Å². The molecular formula is C11H16BrNO3S. The predicted molar refractivity (Wildman–Crippen MR) is 73.1 cm³/mol. The SMILES string of the molecule is CC(C)COc1ccccc1NS(=O)(=O)CBr. The summed E-state index contributed by atoms with van der Waals surface area (Å²) >= 11 is 2.92. The van der Waals surface area contributed by atoms with Gasteiger partial charge in [-0.15, -0.1) is 0 Å². The van der Waals surface area contributed by atoms with Crippen LogP contribution in [0.4, 0.5) is 5.69 Å². The van der Waals surface area contributed by atoms with Gasteiger partial charge in [0.1, 0.15) is 10.4 Å². The summed E-state index contributed by atoms with van der Waals surface area (Å²) < 4.78 is 30.8. The molecule has 0 radical (unpaired) electrons. The molecular weight excluding hydrogens is 306 g/mol. The largest absolute Gasteiger partial charge is 0.491 e. The van der Waals surface area contributed by atoms with E-state index in [9.17, 15) is 8.42 Å². The summed E-state index contributed by atoms with van der Waals surface area (Å²) in [7, 11) is -3.35. The van der Waals surface area contributed by atoms with Gasteiger partial charge in [-0.2, -0.15) is 0 Å². The quantitative estimate of drug-likeness (QED) is 0.820. The van der Waals surface area contributed by atoms with Crippen LogP contribution < -0.4 is 9.46 Å². The fourth-order valence-corrected chi connectivity index (χ4v) is 2.03. The molecule has 0 unspecified atom stereocenters. The van der Waals surface area contributed by atoms with Crippen molar-refractivity contribution in [3.63, 3.8) is 0 Å². The summed E-state index contributed by atoms with van der Waals surface area (Å²) in [6.07, 6.45) is 0. The monoisotopic (exact) mass is 321 g/mol. The molecule has 0 fully saturated rings. The van der Waals surface area contributed by atoms with Gasteiger partial charge in [0.05, 0.1) is 12.3 Å². The van der Waals surface area contributed by atoms with E-state index < -0.39 is 10.0 Å². The van der Waals surface area contributed by atoms with Crippen LogP contribution in [0.1, 0.15) is 13.8 Å². The first kappa shape index (κ1) is 14.3. The first-order chi connectivity index (χ1) is 7.94. The van der Waals surface area contributed by atoms with Crippen LogP contribution in [0.2, 0.25) is 0 Å². The van der Waals surface area contributed by atoms with E-state index >= 15 is 0 Å². The number of alkyl halides is 1. The van der Waals surface area contributed by atoms with Gasteiger partial charge in [0.2, 0.25) is 10.0 Å². The number of nitrogens with one attached hydrogen (secondary N) is 1. The number of hydrogen-bond donors (Lipinski definition) is 1. The van der Waals surface area contributed by atoms with Gasteiger partial charge in [-0.05, 0) is 18.1 Å². The topological polar surface area (TPSA) is 55.4 Å². The zero-order valence-corrected chi connectivity index (χ0v) is 12.2. The van der Waals surface area contributed by atoms with E-state index in [0.717, 1.165) is 0 Å². The number of para-hydroxylation sites is 2. The average molecular weight is 322 g/mol. The van der Waals surface area contributed by atoms with Gasteiger partial charge >= 0.3 is 0 Å². The van der Waals surface area contributed by atoms with E-state index in [2.05, 4.69) is 20.7 Å². The Morgan fingerprint density at radius 3 is 2.59 bits per heavy atom. The molecule has 17 heavy (non-hydrogen) atoms. The van der Waals surface area contributed by atoms with E-state index in [-0.39, 0.29) is 4.66 Å². The van der Waals surface area contributed by atoms with Gasteiger partial charge in [0.25, 0.3) is 0 Å². The summed E-state index contributed by atoms with van der Waals surface area (Å²) in [5.41, 5.74) is 0.465. The lowest BCUT2D eigenvalue weighted by molar-refractivity contribution is 0.272. The van der Waals surface area contributed by atoms with Gasteiger partial charge in [-0.25, -0.2) is 8.42 Å². The molecule has 0 aliphatic carbocycles. The minimum Gasteiger partial charge on any atom is -0.491 e. The molecule has 0 bridgehead atoms. The van der Waals surface area contributed by atoms with Gasteiger partial charge in [-0.3, -0.25) is 4.72 Å². The Bertz CT molecular complexity index is 460. The molecule has 0 atom stereocenters. The van der Waals surface area contributed by atoms with Gasteiger partial charge in [0.15, 0.2) is 0 Å². The smallest absolute Gasteiger partial charge is 0.242 e. The number of hydrogen-bond acceptors (Lipinski definition) is 3. The van der Waals surface area contributed by atoms with Crippen molar-refractivity contribution < 1.29 is 13.2 Å². The fraction of sp³-hybridized carbons (Fsp3) is 0.455. The molecule has 0 saturated carbocycles. The number of anilines is 1. The van der Waals surface area contributed by atoms with Crippen LogP contribution in [0.25, 0.3) is 0 Å². The molecule has 0 aliphatic rings. The Morgan fingerprint density at radius 1 is 1.35 bits per heavy atom. The molecule has 4 nitrogen and oxygen atoms in total. The van der Waals surface area contributed by atoms with E-state index in [1.807, 2.05) is 19.9 Å². The summed E-state index contributed by atoms with van der Waals surface area (Å²) in [4.78, 5) is 0. The zero-order chi connectivity index (χ0) is 12.9. The number of halogens is 1. The first-order valence-electron chi connectivity index (χ1n) is 5.23. The van der Waals surface area contributed by atoms with Crippen LogP contribution in [-0.2, 0) is 10.0 Å². The summed E-state index contributed by atoms with van der Waals surface area (Å²) in [6, 6.07) is 6.99. The van der Waals surface area contributed by atoms with Crippen LogP contribution in [-0.4, -0.2) is 19.7 Å². The Morgan fingerprint density at radius 2 is 2.00 bits per heavy atom. The van der Waals surface area contributed by atoms with E-state index in [1.54, 1.807) is 18.2 Å². The molecule has 1 rings (SSSR count). The van der Waals surface area contributed by atoms with Crippen LogP contribution in [0.15, 0.2) is 24.3 Å². The van der Waals surface area contributed by atoms with Crippen LogP contribution in [0, 0.1) is 5.92 Å². The van der Waals surface area contributed by atoms with Crippen LogP contribution in [0.3, 0.4) is 0 Å². The summed E-state index contributed by atoms with van der Waals surface area (Å²) in [6.45, 7) is 4.61. The molecule has 0 aromatic heterocycles. The Labute approximate surface area is 111 Å². The maximum atomic E-state index is 11.4. The molecule has 1 aromatic rings. The lowest BCUT2D eigenvalue weighted by Crippen LogP contribution is -2.14. The highest BCUT2D eigenvalue weighted by Crippen LogP contribution is 2.25. The van der Waals surface area contributed by atoms with E-state index in [0.29, 0.717) is 24.0 Å². The van der Waals surface area contributed by atoms with Crippen molar-refractivity contribution in [2.45, 2.75) is 13.8 Å². The Balaban J connectivity index is 2.85. The molecule has 96 valence electrons. The van der Waals surface area contributed by atoms with Crippen molar-refractivity contribution in [2.75, 3.05) is 16.0 Å². The Kier molecular flexibility index (Phi) is 5.27. The summed E-state index contributed by atoms with van der Waals surface area (Å²) in [5.74, 6) is 0.932. The normalized spacial score (nSPS) is 11.5. The third kappa shape index (κ3) is 4.95. The van der Waals surface area contributed by atoms with Crippen molar-refractivity contribution in [3.05, 3.63) is 24.3 Å². The molecule has 1 aromatic carbocycles. The average Bonchev–Trinajstić information content (AvgIpc) is 2.27. The second kappa shape index (κ2) is 6.26. The minimum atomic E-state index is -3.35. The number of rotatable bonds is 6. The first-order valence-corrected chi connectivity index (χ1v) is 8.00. The highest BCUT2D eigenvalue weighted by atomic mass is 79.9. The fourth-order valence-electron chi connectivity index (χ4n) is 1.13. The predicted octanol–water partition coefficient (Wildman–Crippen LogP) is 2.82. The second-order valence-electron chi connectivity index (χ2n) is 4.03. The molecule has 0 spiro atoms. The van der Waals surface area contributed by atoms with Crippen molar-refractivity contribution in [1.82, 2.24) is 0 Å². The lowest BCUT2D eigenvalue weighted by atomic mass is 10.2. The van der Waals surface area contributed by atoms with Crippen LogP contribution in [0.5, 0.6) is 5.75 Å². The van der Waals surface area contributed by atoms with Gasteiger partial charge in [0, 0.05) is 0 Å². The Hall–Kier alpha value is -0.750. The number of sulfonamides is 1. The molecule has 0 aliphatic heterocycles. The van der Waals surface area contributed by atoms with Crippen molar-refractivity contribution in [1.29, 1.82) is 0 Å². The van der Waals surface area contributed by atoms with Gasteiger partial charge in [-0.1, -0.05) is 41.9 Å².